The Kier molecular flexibility index (Phi) is 9.60. The topological polar surface area (TPSA) is 114 Å². The number of halogens is 2. The lowest BCUT2D eigenvalue weighted by Crippen LogP contribution is -2.26. The number of hydrogen-bond acceptors (Lipinski definition) is 8. The first-order chi connectivity index (χ1) is 16.1. The zero-order chi connectivity index (χ0) is 23.5. The Hall–Kier alpha value is -3.02. The molecule has 0 radical (unpaired) electrons. The van der Waals surface area contributed by atoms with E-state index < -0.39 is 6.36 Å². The molecule has 10 nitrogen and oxygen atoms in total. The Morgan fingerprint density at radius 2 is 2.18 bits per heavy atom. The average molecular weight is 481 g/mol. The molecule has 1 unspecified atom stereocenters. The van der Waals surface area contributed by atoms with Gasteiger partial charge in [0.1, 0.15) is 25.0 Å². The van der Waals surface area contributed by atoms with E-state index in [4.69, 9.17) is 30.2 Å². The molecule has 2 heterocycles. The number of carbonyl (C=O) groups excluding carboxylic acids is 1. The third kappa shape index (κ3) is 7.52. The first-order valence-corrected chi connectivity index (χ1v) is 10.8. The number of amides is 1. The van der Waals surface area contributed by atoms with Gasteiger partial charge < -0.3 is 23.9 Å². The summed E-state index contributed by atoms with van der Waals surface area (Å²) in [6.07, 6.45) is 3.21. The van der Waals surface area contributed by atoms with Crippen LogP contribution >= 0.6 is 11.6 Å². The predicted molar refractivity (Wildman–Crippen MR) is 117 cm³/mol. The summed E-state index contributed by atoms with van der Waals surface area (Å²) in [7, 11) is 0. The van der Waals surface area contributed by atoms with Gasteiger partial charge in [0, 0.05) is 25.3 Å². The van der Waals surface area contributed by atoms with Crippen LogP contribution in [-0.4, -0.2) is 65.0 Å². The molecule has 12 heteroatoms. The molecule has 0 spiro atoms. The number of aromatic nitrogens is 4. The Labute approximate surface area is 195 Å². The van der Waals surface area contributed by atoms with Crippen molar-refractivity contribution in [1.29, 1.82) is 0 Å². The van der Waals surface area contributed by atoms with Crippen LogP contribution in [0, 0.1) is 0 Å². The largest absolute Gasteiger partial charge is 0.456 e. The number of nitrogens with one attached hydrogen (secondary N) is 1. The van der Waals surface area contributed by atoms with E-state index in [1.54, 1.807) is 17.1 Å². The highest BCUT2D eigenvalue weighted by molar-refractivity contribution is 6.32. The van der Waals surface area contributed by atoms with Crippen LogP contribution in [0.15, 0.2) is 41.7 Å². The molecule has 0 saturated heterocycles. The molecule has 1 aromatic carbocycles. The van der Waals surface area contributed by atoms with Gasteiger partial charge in [-0.3, -0.25) is 9.48 Å². The summed E-state index contributed by atoms with van der Waals surface area (Å²) in [5, 5.41) is 6.94. The fourth-order valence-corrected chi connectivity index (χ4v) is 3.06. The molecule has 2 aromatic heterocycles. The van der Waals surface area contributed by atoms with Gasteiger partial charge in [0.15, 0.2) is 17.8 Å². The summed E-state index contributed by atoms with van der Waals surface area (Å²) >= 11 is 6.25. The monoisotopic (exact) mass is 480 g/mol. The lowest BCUT2D eigenvalue weighted by molar-refractivity contribution is -0.0360. The van der Waals surface area contributed by atoms with Crippen LogP contribution in [0.1, 0.15) is 23.8 Å². The molecular weight excluding hydrogens is 456 g/mol. The number of ether oxygens (including phenoxy) is 3. The molecule has 3 aromatic rings. The lowest BCUT2D eigenvalue weighted by Gasteiger charge is -2.13. The number of benzene rings is 1. The molecule has 3 rings (SSSR count). The van der Waals surface area contributed by atoms with E-state index in [0.717, 1.165) is 0 Å². The lowest BCUT2D eigenvalue weighted by atomic mass is 10.1. The molecule has 1 N–H and O–H groups in total. The third-order valence-electron chi connectivity index (χ3n) is 4.37. The van der Waals surface area contributed by atoms with Gasteiger partial charge in [0.2, 0.25) is 0 Å². The summed E-state index contributed by atoms with van der Waals surface area (Å²) in [5.74, 6) is -0.00459. The fourth-order valence-electron chi connectivity index (χ4n) is 2.84. The van der Waals surface area contributed by atoms with Crippen molar-refractivity contribution < 1.29 is 27.8 Å². The zero-order valence-electron chi connectivity index (χ0n) is 18.1. The summed E-state index contributed by atoms with van der Waals surface area (Å²) in [4.78, 5) is 20.4. The number of carbonyl (C=O) groups is 1. The van der Waals surface area contributed by atoms with E-state index >= 15 is 0 Å². The maximum atomic E-state index is 14.0. The van der Waals surface area contributed by atoms with E-state index in [1.165, 1.54) is 24.9 Å². The number of oxazole rings is 1. The van der Waals surface area contributed by atoms with Gasteiger partial charge in [-0.05, 0) is 31.5 Å². The van der Waals surface area contributed by atoms with Crippen molar-refractivity contribution in [3.63, 3.8) is 0 Å². The SMILES string of the molecule is CCOCCOCC([18F])Oc1ccc(-c2ocnc2C(=O)NCCCn2cncn2)cc1Cl. The molecule has 0 aliphatic heterocycles. The molecule has 1 atom stereocenters. The van der Waals surface area contributed by atoms with Crippen LogP contribution in [0.5, 0.6) is 5.75 Å². The van der Waals surface area contributed by atoms with Crippen molar-refractivity contribution in [2.45, 2.75) is 26.2 Å². The highest BCUT2D eigenvalue weighted by atomic mass is 35.5. The van der Waals surface area contributed by atoms with Gasteiger partial charge in [0.05, 0.1) is 18.2 Å². The number of hydrogen-bond donors (Lipinski definition) is 1. The van der Waals surface area contributed by atoms with E-state index in [2.05, 4.69) is 20.4 Å². The van der Waals surface area contributed by atoms with Gasteiger partial charge in [0.25, 0.3) is 12.3 Å². The van der Waals surface area contributed by atoms with Crippen molar-refractivity contribution in [3.8, 4) is 17.1 Å². The summed E-state index contributed by atoms with van der Waals surface area (Å²) in [6, 6.07) is 4.61. The molecule has 0 aliphatic carbocycles. The smallest absolute Gasteiger partial charge is 0.273 e. The van der Waals surface area contributed by atoms with Crippen LogP contribution in [0.4, 0.5) is 4.39 Å². The summed E-state index contributed by atoms with van der Waals surface area (Å²) < 4.78 is 36.6. The Bertz CT molecular complexity index is 1000. The minimum Gasteiger partial charge on any atom is -0.456 e. The molecule has 0 bridgehead atoms. The molecule has 0 saturated carbocycles. The van der Waals surface area contributed by atoms with Crippen molar-refractivity contribution >= 4 is 17.5 Å². The van der Waals surface area contributed by atoms with Crippen LogP contribution in [0.3, 0.4) is 0 Å². The first-order valence-electron chi connectivity index (χ1n) is 10.4. The van der Waals surface area contributed by atoms with Crippen molar-refractivity contribution in [2.75, 3.05) is 33.0 Å². The predicted octanol–water partition coefficient (Wildman–Crippen LogP) is 3.13. The number of aryl methyl sites for hydroxylation is 1. The maximum absolute atomic E-state index is 14.0. The molecule has 0 fully saturated rings. The molecule has 0 aliphatic rings. The third-order valence-corrected chi connectivity index (χ3v) is 4.67. The van der Waals surface area contributed by atoms with Crippen LogP contribution in [-0.2, 0) is 16.0 Å². The maximum Gasteiger partial charge on any atom is 0.273 e. The Balaban J connectivity index is 1.53. The van der Waals surface area contributed by atoms with Crippen LogP contribution in [0.2, 0.25) is 5.02 Å². The van der Waals surface area contributed by atoms with E-state index in [9.17, 15) is 9.18 Å². The molecular formula is C21H25ClFN5O5. The summed E-state index contributed by atoms with van der Waals surface area (Å²) in [5.41, 5.74) is 0.618. The Morgan fingerprint density at radius 3 is 2.94 bits per heavy atom. The normalized spacial score (nSPS) is 12.0. The minimum absolute atomic E-state index is 0.117. The number of nitrogens with zero attached hydrogens (tertiary/aromatic N) is 4. The summed E-state index contributed by atoms with van der Waals surface area (Å²) in [6.45, 7) is 3.87. The Morgan fingerprint density at radius 1 is 1.33 bits per heavy atom. The van der Waals surface area contributed by atoms with Gasteiger partial charge in [-0.15, -0.1) is 0 Å². The quantitative estimate of drug-likeness (QED) is 0.350. The van der Waals surface area contributed by atoms with Crippen molar-refractivity contribution in [2.24, 2.45) is 0 Å². The highest BCUT2D eigenvalue weighted by Crippen LogP contribution is 2.32. The molecule has 33 heavy (non-hydrogen) atoms. The first kappa shape index (κ1) is 24.6. The van der Waals surface area contributed by atoms with E-state index in [1.807, 2.05) is 6.92 Å². The zero-order valence-corrected chi connectivity index (χ0v) is 18.8. The fraction of sp³-hybridized carbons (Fsp3) is 0.429. The van der Waals surface area contributed by atoms with Gasteiger partial charge in [-0.25, -0.2) is 9.97 Å². The van der Waals surface area contributed by atoms with E-state index in [0.29, 0.717) is 38.3 Å². The van der Waals surface area contributed by atoms with Crippen LogP contribution in [0.25, 0.3) is 11.3 Å². The standard InChI is InChI=1S/C21H25ClFN5O5/c1-2-30-8-9-31-11-18(23)33-17-5-4-15(10-16(17)22)20-19(26-14-32-20)21(29)25-6-3-7-28-13-24-12-27-28/h4-5,10,12-14,18H,2-3,6-9,11H2,1H3,(H,25,29)/i23-1. The van der Waals surface area contributed by atoms with Gasteiger partial charge in [-0.1, -0.05) is 11.6 Å². The molecule has 1 amide bonds. The molecule has 178 valence electrons. The second kappa shape index (κ2) is 12.9. The number of rotatable bonds is 14. The van der Waals surface area contributed by atoms with Crippen molar-refractivity contribution in [3.05, 3.63) is 48.0 Å². The minimum atomic E-state index is -1.70. The number of alkyl halides is 1. The van der Waals surface area contributed by atoms with Gasteiger partial charge >= 0.3 is 0 Å². The second-order valence-corrected chi connectivity index (χ2v) is 7.15. The van der Waals surface area contributed by atoms with Crippen molar-refractivity contribution in [1.82, 2.24) is 25.1 Å². The van der Waals surface area contributed by atoms with Crippen LogP contribution < -0.4 is 10.1 Å². The van der Waals surface area contributed by atoms with Gasteiger partial charge in [-0.2, -0.15) is 9.49 Å². The van der Waals surface area contributed by atoms with E-state index in [-0.39, 0.29) is 41.3 Å². The highest BCUT2D eigenvalue weighted by Gasteiger charge is 2.20. The second-order valence-electron chi connectivity index (χ2n) is 6.74. The average Bonchev–Trinajstić information content (AvgIpc) is 3.50.